The molecule has 1 unspecified atom stereocenters. The number of aliphatic carboxylic acids is 1. The number of ether oxygens (including phenoxy) is 2. The van der Waals surface area contributed by atoms with Crippen molar-refractivity contribution in [3.63, 3.8) is 0 Å². The standard InChI is InChI=1S/C23H25NO5/c25-21(24-14-19(22(26)27)23(16-24)10-12-28-13-11-23)18-8-4-5-9-20(18)29-15-17-6-2-1-3-7-17/h1-9,19H,10-16H2,(H,26,27). The average Bonchev–Trinajstić information content (AvgIpc) is 3.12. The molecule has 0 aliphatic carbocycles. The summed E-state index contributed by atoms with van der Waals surface area (Å²) in [6.45, 7) is 2.12. The molecule has 2 aromatic carbocycles. The van der Waals surface area contributed by atoms with Gasteiger partial charge in [0.2, 0.25) is 0 Å². The minimum Gasteiger partial charge on any atom is -0.488 e. The van der Waals surface area contributed by atoms with Gasteiger partial charge < -0.3 is 19.5 Å². The molecule has 2 aliphatic rings. The molecule has 2 saturated heterocycles. The van der Waals surface area contributed by atoms with Crippen LogP contribution < -0.4 is 4.74 Å². The molecule has 2 fully saturated rings. The van der Waals surface area contributed by atoms with E-state index in [0.717, 1.165) is 5.56 Å². The topological polar surface area (TPSA) is 76.1 Å². The number of carbonyl (C=O) groups is 2. The van der Waals surface area contributed by atoms with E-state index in [2.05, 4.69) is 0 Å². The summed E-state index contributed by atoms with van der Waals surface area (Å²) in [5.74, 6) is -1.06. The van der Waals surface area contributed by atoms with E-state index in [1.54, 1.807) is 23.1 Å². The predicted molar refractivity (Wildman–Crippen MR) is 107 cm³/mol. The number of nitrogens with zero attached hydrogens (tertiary/aromatic N) is 1. The first-order valence-corrected chi connectivity index (χ1v) is 9.95. The molecule has 0 saturated carbocycles. The fourth-order valence-electron chi connectivity index (χ4n) is 4.42. The van der Waals surface area contributed by atoms with Gasteiger partial charge in [0.15, 0.2) is 0 Å². The van der Waals surface area contributed by atoms with Crippen molar-refractivity contribution in [2.75, 3.05) is 26.3 Å². The number of carboxylic acid groups (broad SMARTS) is 1. The third-order valence-corrected chi connectivity index (χ3v) is 6.08. The van der Waals surface area contributed by atoms with E-state index < -0.39 is 17.3 Å². The smallest absolute Gasteiger partial charge is 0.308 e. The van der Waals surface area contributed by atoms with Crippen molar-refractivity contribution in [3.05, 3.63) is 65.7 Å². The maximum absolute atomic E-state index is 13.3. The number of rotatable bonds is 5. The molecule has 0 aromatic heterocycles. The maximum atomic E-state index is 13.3. The Bertz CT molecular complexity index is 876. The molecule has 0 radical (unpaired) electrons. The van der Waals surface area contributed by atoms with E-state index in [0.29, 0.717) is 50.5 Å². The number of carbonyl (C=O) groups excluding carboxylic acids is 1. The van der Waals surface area contributed by atoms with Gasteiger partial charge in [0, 0.05) is 31.7 Å². The Labute approximate surface area is 170 Å². The van der Waals surface area contributed by atoms with Crippen LogP contribution in [0.5, 0.6) is 5.75 Å². The summed E-state index contributed by atoms with van der Waals surface area (Å²) in [6.07, 6.45) is 1.33. The predicted octanol–water partition coefficient (Wildman–Crippen LogP) is 3.22. The van der Waals surface area contributed by atoms with Crippen LogP contribution in [0.1, 0.15) is 28.8 Å². The zero-order chi connectivity index (χ0) is 20.3. The van der Waals surface area contributed by atoms with Crippen LogP contribution in [0.15, 0.2) is 54.6 Å². The maximum Gasteiger partial charge on any atom is 0.308 e. The van der Waals surface area contributed by atoms with Gasteiger partial charge in [-0.1, -0.05) is 42.5 Å². The van der Waals surface area contributed by atoms with Crippen molar-refractivity contribution in [2.24, 2.45) is 11.3 Å². The van der Waals surface area contributed by atoms with Crippen molar-refractivity contribution >= 4 is 11.9 Å². The molecule has 1 atom stereocenters. The van der Waals surface area contributed by atoms with Gasteiger partial charge in [0.1, 0.15) is 12.4 Å². The molecule has 6 nitrogen and oxygen atoms in total. The van der Waals surface area contributed by atoms with Crippen molar-refractivity contribution in [2.45, 2.75) is 19.4 Å². The molecule has 2 aromatic rings. The number of benzene rings is 2. The van der Waals surface area contributed by atoms with Gasteiger partial charge in [-0.2, -0.15) is 0 Å². The summed E-state index contributed by atoms with van der Waals surface area (Å²) in [7, 11) is 0. The first-order chi connectivity index (χ1) is 14.1. The number of hydrogen-bond acceptors (Lipinski definition) is 4. The van der Waals surface area contributed by atoms with Crippen molar-refractivity contribution in [1.82, 2.24) is 4.90 Å². The monoisotopic (exact) mass is 395 g/mol. The lowest BCUT2D eigenvalue weighted by Crippen LogP contribution is -2.40. The highest BCUT2D eigenvalue weighted by Crippen LogP contribution is 2.45. The second-order valence-corrected chi connectivity index (χ2v) is 7.82. The molecule has 2 aliphatic heterocycles. The largest absolute Gasteiger partial charge is 0.488 e. The van der Waals surface area contributed by atoms with Crippen LogP contribution in [0, 0.1) is 11.3 Å². The Morgan fingerprint density at radius 1 is 1.07 bits per heavy atom. The lowest BCUT2D eigenvalue weighted by atomic mass is 9.72. The molecule has 1 spiro atoms. The number of hydrogen-bond donors (Lipinski definition) is 1. The minimum atomic E-state index is -0.837. The Hall–Kier alpha value is -2.86. The Morgan fingerprint density at radius 3 is 2.48 bits per heavy atom. The molecule has 1 amide bonds. The van der Waals surface area contributed by atoms with Crippen LogP contribution in [-0.2, 0) is 16.1 Å². The summed E-state index contributed by atoms with van der Waals surface area (Å²) >= 11 is 0. The Balaban J connectivity index is 1.53. The van der Waals surface area contributed by atoms with Gasteiger partial charge in [-0.05, 0) is 30.5 Å². The van der Waals surface area contributed by atoms with E-state index in [4.69, 9.17) is 9.47 Å². The zero-order valence-electron chi connectivity index (χ0n) is 16.3. The van der Waals surface area contributed by atoms with Crippen molar-refractivity contribution < 1.29 is 24.2 Å². The fraction of sp³-hybridized carbons (Fsp3) is 0.391. The van der Waals surface area contributed by atoms with Gasteiger partial charge >= 0.3 is 5.97 Å². The SMILES string of the molecule is O=C(O)C1CN(C(=O)c2ccccc2OCc2ccccc2)CC12CCOCC2. The number of carboxylic acids is 1. The second-order valence-electron chi connectivity index (χ2n) is 7.82. The number of amides is 1. The van der Waals surface area contributed by atoms with Crippen LogP contribution in [0.25, 0.3) is 0 Å². The van der Waals surface area contributed by atoms with Gasteiger partial charge in [-0.25, -0.2) is 0 Å². The van der Waals surface area contributed by atoms with Gasteiger partial charge in [-0.3, -0.25) is 9.59 Å². The first-order valence-electron chi connectivity index (χ1n) is 9.95. The van der Waals surface area contributed by atoms with Crippen LogP contribution in [0.3, 0.4) is 0 Å². The third kappa shape index (κ3) is 3.98. The highest BCUT2D eigenvalue weighted by Gasteiger charge is 2.52. The fourth-order valence-corrected chi connectivity index (χ4v) is 4.42. The lowest BCUT2D eigenvalue weighted by molar-refractivity contribution is -0.146. The highest BCUT2D eigenvalue weighted by molar-refractivity contribution is 5.97. The average molecular weight is 395 g/mol. The summed E-state index contributed by atoms with van der Waals surface area (Å²) in [5.41, 5.74) is 1.08. The van der Waals surface area contributed by atoms with Gasteiger partial charge in [-0.15, -0.1) is 0 Å². The summed E-state index contributed by atoms with van der Waals surface area (Å²) in [4.78, 5) is 26.9. The first kappa shape index (κ1) is 19.5. The van der Waals surface area contributed by atoms with Crippen molar-refractivity contribution in [1.29, 1.82) is 0 Å². The van der Waals surface area contributed by atoms with Gasteiger partial charge in [0.25, 0.3) is 5.91 Å². The summed E-state index contributed by atoms with van der Waals surface area (Å²) < 4.78 is 11.4. The minimum absolute atomic E-state index is 0.178. The molecule has 29 heavy (non-hydrogen) atoms. The van der Waals surface area contributed by atoms with Crippen molar-refractivity contribution in [3.8, 4) is 5.75 Å². The second kappa shape index (κ2) is 8.25. The lowest BCUT2D eigenvalue weighted by Gasteiger charge is -2.36. The number of para-hydroxylation sites is 1. The van der Waals surface area contributed by atoms with E-state index in [-0.39, 0.29) is 12.5 Å². The molecule has 152 valence electrons. The quantitative estimate of drug-likeness (QED) is 0.841. The molecular formula is C23H25NO5. The van der Waals surface area contributed by atoms with E-state index in [1.807, 2.05) is 36.4 Å². The highest BCUT2D eigenvalue weighted by atomic mass is 16.5. The Morgan fingerprint density at radius 2 is 1.76 bits per heavy atom. The van der Waals surface area contributed by atoms with E-state index >= 15 is 0 Å². The van der Waals surface area contributed by atoms with E-state index in [1.165, 1.54) is 0 Å². The third-order valence-electron chi connectivity index (χ3n) is 6.08. The van der Waals surface area contributed by atoms with Gasteiger partial charge in [0.05, 0.1) is 11.5 Å². The molecule has 6 heteroatoms. The van der Waals surface area contributed by atoms with Crippen LogP contribution >= 0.6 is 0 Å². The molecule has 4 rings (SSSR count). The normalized spacial score (nSPS) is 20.6. The molecular weight excluding hydrogens is 370 g/mol. The van der Waals surface area contributed by atoms with Crippen LogP contribution in [-0.4, -0.2) is 48.2 Å². The van der Waals surface area contributed by atoms with Crippen LogP contribution in [0.4, 0.5) is 0 Å². The molecule has 0 bridgehead atoms. The van der Waals surface area contributed by atoms with E-state index in [9.17, 15) is 14.7 Å². The Kier molecular flexibility index (Phi) is 5.53. The van der Waals surface area contributed by atoms with Crippen LogP contribution in [0.2, 0.25) is 0 Å². The zero-order valence-corrected chi connectivity index (χ0v) is 16.3. The molecule has 2 heterocycles. The summed E-state index contributed by atoms with van der Waals surface area (Å²) in [6, 6.07) is 16.9. The summed E-state index contributed by atoms with van der Waals surface area (Å²) in [5, 5.41) is 9.76. The molecule has 1 N–H and O–H groups in total. The number of likely N-dealkylation sites (tertiary alicyclic amines) is 1.